The zero-order valence-electron chi connectivity index (χ0n) is 8.74. The molecular formula is C12H13FN2O. The van der Waals surface area contributed by atoms with Crippen molar-refractivity contribution < 1.29 is 9.18 Å². The van der Waals surface area contributed by atoms with Gasteiger partial charge in [0.15, 0.2) is 0 Å². The van der Waals surface area contributed by atoms with Gasteiger partial charge >= 0.3 is 0 Å². The van der Waals surface area contributed by atoms with E-state index in [-0.39, 0.29) is 11.7 Å². The zero-order chi connectivity index (χ0) is 11.5. The molecule has 0 radical (unpaired) electrons. The van der Waals surface area contributed by atoms with Crippen LogP contribution in [0.2, 0.25) is 0 Å². The van der Waals surface area contributed by atoms with Crippen molar-refractivity contribution in [2.75, 3.05) is 6.54 Å². The van der Waals surface area contributed by atoms with E-state index in [1.807, 2.05) is 0 Å². The third kappa shape index (κ3) is 2.28. The van der Waals surface area contributed by atoms with Gasteiger partial charge in [0, 0.05) is 6.54 Å². The summed E-state index contributed by atoms with van der Waals surface area (Å²) in [4.78, 5) is 11.0. The smallest absolute Gasteiger partial charge is 0.238 e. The highest BCUT2D eigenvalue weighted by Crippen LogP contribution is 2.21. The normalized spacial score (nSPS) is 20.3. The Labute approximate surface area is 93.1 Å². The van der Waals surface area contributed by atoms with Crippen molar-refractivity contribution in [1.29, 1.82) is 0 Å². The molecule has 1 aromatic rings. The summed E-state index contributed by atoms with van der Waals surface area (Å²) in [7, 11) is 0. The molecule has 2 rings (SSSR count). The van der Waals surface area contributed by atoms with Crippen molar-refractivity contribution in [3.63, 3.8) is 0 Å². The van der Waals surface area contributed by atoms with Crippen LogP contribution in [0.3, 0.4) is 0 Å². The molecule has 1 unspecified atom stereocenters. The lowest BCUT2D eigenvalue weighted by atomic mass is 9.97. The topological polar surface area (TPSA) is 55.1 Å². The second-order valence-electron chi connectivity index (χ2n) is 3.78. The van der Waals surface area contributed by atoms with Gasteiger partial charge in [-0.1, -0.05) is 18.2 Å². The average molecular weight is 220 g/mol. The Balaban J connectivity index is 2.26. The molecule has 0 bridgehead atoms. The van der Waals surface area contributed by atoms with Crippen molar-refractivity contribution in [3.05, 3.63) is 41.7 Å². The molecule has 16 heavy (non-hydrogen) atoms. The fourth-order valence-electron chi connectivity index (χ4n) is 1.79. The minimum Gasteiger partial charge on any atom is -0.368 e. The summed E-state index contributed by atoms with van der Waals surface area (Å²) in [5.74, 6) is -0.649. The second-order valence-corrected chi connectivity index (χ2v) is 3.78. The number of nitrogens with two attached hydrogens (primary N) is 1. The average Bonchev–Trinajstić information content (AvgIpc) is 2.30. The van der Waals surface area contributed by atoms with Gasteiger partial charge in [-0.15, -0.1) is 0 Å². The van der Waals surface area contributed by atoms with E-state index in [2.05, 4.69) is 5.32 Å². The highest BCUT2D eigenvalue weighted by atomic mass is 19.1. The van der Waals surface area contributed by atoms with E-state index in [4.69, 9.17) is 5.73 Å². The van der Waals surface area contributed by atoms with Gasteiger partial charge in [-0.25, -0.2) is 4.39 Å². The molecule has 4 heteroatoms. The fraction of sp³-hybridized carbons (Fsp3) is 0.250. The molecule has 84 valence electrons. The summed E-state index contributed by atoms with van der Waals surface area (Å²) in [5, 5.41) is 3.00. The maximum absolute atomic E-state index is 12.8. The molecule has 1 aliphatic heterocycles. The molecule has 3 N–H and O–H groups in total. The molecule has 0 spiro atoms. The predicted octanol–water partition coefficient (Wildman–Crippen LogP) is 1.06. The Hall–Kier alpha value is -1.68. The number of carbonyl (C=O) groups is 1. The van der Waals surface area contributed by atoms with Crippen LogP contribution in [-0.4, -0.2) is 18.5 Å². The number of amides is 1. The number of carbonyl (C=O) groups excluding carboxylic acids is 1. The summed E-state index contributed by atoms with van der Waals surface area (Å²) in [5.41, 5.74) is 7.19. The Kier molecular flexibility index (Phi) is 3.01. The summed E-state index contributed by atoms with van der Waals surface area (Å²) in [6, 6.07) is 5.83. The van der Waals surface area contributed by atoms with Crippen molar-refractivity contribution in [1.82, 2.24) is 5.32 Å². The summed E-state index contributed by atoms with van der Waals surface area (Å²) < 4.78 is 12.8. The van der Waals surface area contributed by atoms with E-state index >= 15 is 0 Å². The number of hydrogen-bond acceptors (Lipinski definition) is 2. The van der Waals surface area contributed by atoms with Gasteiger partial charge in [-0.05, 0) is 29.7 Å². The standard InChI is InChI=1S/C12H13FN2O/c13-10-3-1-8(2-4-10)9-5-6-15-11(7-9)12(14)16/h1-4,7,11,15H,5-6H2,(H2,14,16). The molecule has 0 fully saturated rings. The lowest BCUT2D eigenvalue weighted by Gasteiger charge is -2.20. The van der Waals surface area contributed by atoms with E-state index in [0.717, 1.165) is 17.6 Å². The van der Waals surface area contributed by atoms with Crippen LogP contribution in [0.5, 0.6) is 0 Å². The van der Waals surface area contributed by atoms with Crippen LogP contribution in [0.25, 0.3) is 5.57 Å². The summed E-state index contributed by atoms with van der Waals surface area (Å²) in [6.07, 6.45) is 2.62. The fourth-order valence-corrected chi connectivity index (χ4v) is 1.79. The van der Waals surface area contributed by atoms with Crippen molar-refractivity contribution in [2.24, 2.45) is 5.73 Å². The van der Waals surface area contributed by atoms with Crippen LogP contribution in [0.15, 0.2) is 30.3 Å². The number of rotatable bonds is 2. The Bertz CT molecular complexity index is 425. The third-order valence-corrected chi connectivity index (χ3v) is 2.65. The summed E-state index contributed by atoms with van der Waals surface area (Å²) in [6.45, 7) is 0.705. The Morgan fingerprint density at radius 3 is 2.69 bits per heavy atom. The van der Waals surface area contributed by atoms with Crippen molar-refractivity contribution >= 4 is 11.5 Å². The van der Waals surface area contributed by atoms with Gasteiger partial charge in [-0.3, -0.25) is 4.79 Å². The molecule has 1 amide bonds. The van der Waals surface area contributed by atoms with Gasteiger partial charge < -0.3 is 11.1 Å². The van der Waals surface area contributed by atoms with Crippen LogP contribution in [-0.2, 0) is 4.79 Å². The van der Waals surface area contributed by atoms with Crippen LogP contribution in [0.1, 0.15) is 12.0 Å². The zero-order valence-corrected chi connectivity index (χ0v) is 8.74. The van der Waals surface area contributed by atoms with Crippen LogP contribution in [0, 0.1) is 5.82 Å². The number of benzene rings is 1. The predicted molar refractivity (Wildman–Crippen MR) is 60.0 cm³/mol. The van der Waals surface area contributed by atoms with Gasteiger partial charge in [0.25, 0.3) is 0 Å². The third-order valence-electron chi connectivity index (χ3n) is 2.65. The maximum Gasteiger partial charge on any atom is 0.238 e. The molecule has 1 aromatic carbocycles. The first kappa shape index (κ1) is 10.8. The van der Waals surface area contributed by atoms with Crippen molar-refractivity contribution in [2.45, 2.75) is 12.5 Å². The molecule has 0 aliphatic carbocycles. The minimum atomic E-state index is -0.422. The second kappa shape index (κ2) is 4.45. The first-order chi connectivity index (χ1) is 7.66. The highest BCUT2D eigenvalue weighted by molar-refractivity contribution is 5.85. The monoisotopic (exact) mass is 220 g/mol. The van der Waals surface area contributed by atoms with Gasteiger partial charge in [0.2, 0.25) is 5.91 Å². The van der Waals surface area contributed by atoms with Gasteiger partial charge in [0.1, 0.15) is 11.9 Å². The van der Waals surface area contributed by atoms with Crippen molar-refractivity contribution in [3.8, 4) is 0 Å². The lowest BCUT2D eigenvalue weighted by molar-refractivity contribution is -0.119. The highest BCUT2D eigenvalue weighted by Gasteiger charge is 2.17. The molecule has 1 heterocycles. The van der Waals surface area contributed by atoms with Crippen LogP contribution < -0.4 is 11.1 Å². The SMILES string of the molecule is NC(=O)C1C=C(c2ccc(F)cc2)CCN1. The van der Waals surface area contributed by atoms with E-state index in [1.165, 1.54) is 12.1 Å². The quantitative estimate of drug-likeness (QED) is 0.783. The molecule has 0 saturated carbocycles. The minimum absolute atomic E-state index is 0.260. The molecule has 1 atom stereocenters. The van der Waals surface area contributed by atoms with E-state index in [1.54, 1.807) is 18.2 Å². The number of halogens is 1. The molecular weight excluding hydrogens is 207 g/mol. The largest absolute Gasteiger partial charge is 0.368 e. The first-order valence-corrected chi connectivity index (χ1v) is 5.16. The molecule has 3 nitrogen and oxygen atoms in total. The van der Waals surface area contributed by atoms with Gasteiger partial charge in [0.05, 0.1) is 0 Å². The summed E-state index contributed by atoms with van der Waals surface area (Å²) >= 11 is 0. The molecule has 1 aliphatic rings. The van der Waals surface area contributed by atoms with Crippen LogP contribution >= 0.6 is 0 Å². The van der Waals surface area contributed by atoms with Gasteiger partial charge in [-0.2, -0.15) is 0 Å². The Morgan fingerprint density at radius 1 is 1.38 bits per heavy atom. The maximum atomic E-state index is 12.8. The first-order valence-electron chi connectivity index (χ1n) is 5.16. The van der Waals surface area contributed by atoms with Crippen LogP contribution in [0.4, 0.5) is 4.39 Å². The molecule has 0 aromatic heterocycles. The number of nitrogens with one attached hydrogen (secondary N) is 1. The Morgan fingerprint density at radius 2 is 2.06 bits per heavy atom. The van der Waals surface area contributed by atoms with E-state index in [0.29, 0.717) is 6.54 Å². The number of hydrogen-bond donors (Lipinski definition) is 2. The number of primary amides is 1. The van der Waals surface area contributed by atoms with E-state index in [9.17, 15) is 9.18 Å². The van der Waals surface area contributed by atoms with E-state index < -0.39 is 6.04 Å². The lowest BCUT2D eigenvalue weighted by Crippen LogP contribution is -2.42. The molecule has 0 saturated heterocycles.